The van der Waals surface area contributed by atoms with Crippen LogP contribution >= 0.6 is 0 Å². The summed E-state index contributed by atoms with van der Waals surface area (Å²) in [5.74, 6) is -0.736. The Balaban J connectivity index is 1.48. The molecule has 0 N–H and O–H groups in total. The highest BCUT2D eigenvalue weighted by molar-refractivity contribution is 7.84. The van der Waals surface area contributed by atoms with Crippen molar-refractivity contribution in [1.82, 2.24) is 9.80 Å². The maximum atomic E-state index is 13.6. The Bertz CT molecular complexity index is 801. The van der Waals surface area contributed by atoms with Gasteiger partial charge in [-0.3, -0.25) is 13.8 Å². The molecule has 0 bridgehead atoms. The highest BCUT2D eigenvalue weighted by atomic mass is 32.2. The molecule has 1 aliphatic heterocycles. The second kappa shape index (κ2) is 8.27. The van der Waals surface area contributed by atoms with E-state index in [9.17, 15) is 18.2 Å². The van der Waals surface area contributed by atoms with Gasteiger partial charge < -0.3 is 14.2 Å². The number of amides is 2. The number of furan rings is 1. The zero-order chi connectivity index (χ0) is 18.5. The van der Waals surface area contributed by atoms with Crippen LogP contribution in [0.2, 0.25) is 0 Å². The molecule has 2 aromatic rings. The van der Waals surface area contributed by atoms with Gasteiger partial charge in [-0.15, -0.1) is 0 Å². The fourth-order valence-corrected chi connectivity index (χ4v) is 3.93. The fraction of sp³-hybridized carbons (Fsp3) is 0.333. The zero-order valence-electron chi connectivity index (χ0n) is 14.1. The molecule has 2 amide bonds. The highest BCUT2D eigenvalue weighted by Gasteiger charge is 2.26. The molecule has 0 saturated carbocycles. The molecule has 1 atom stereocenters. The van der Waals surface area contributed by atoms with Crippen LogP contribution in [0.3, 0.4) is 0 Å². The number of benzene rings is 1. The van der Waals surface area contributed by atoms with Gasteiger partial charge in [0.25, 0.3) is 5.91 Å². The number of rotatable bonds is 5. The van der Waals surface area contributed by atoms with Crippen molar-refractivity contribution in [2.24, 2.45) is 0 Å². The lowest BCUT2D eigenvalue weighted by Crippen LogP contribution is -2.51. The molecular formula is C18H19FN2O4S. The topological polar surface area (TPSA) is 70.8 Å². The fourth-order valence-electron chi connectivity index (χ4n) is 2.78. The summed E-state index contributed by atoms with van der Waals surface area (Å²) in [7, 11) is -1.48. The first-order chi connectivity index (χ1) is 12.5. The van der Waals surface area contributed by atoms with E-state index in [1.807, 2.05) is 0 Å². The van der Waals surface area contributed by atoms with Gasteiger partial charge in [-0.05, 0) is 18.2 Å². The average molecular weight is 378 g/mol. The first kappa shape index (κ1) is 18.3. The van der Waals surface area contributed by atoms with Gasteiger partial charge in [0, 0.05) is 42.5 Å². The van der Waals surface area contributed by atoms with Crippen molar-refractivity contribution in [3.05, 3.63) is 59.8 Å². The summed E-state index contributed by atoms with van der Waals surface area (Å²) in [5, 5.41) is 0. The summed E-state index contributed by atoms with van der Waals surface area (Å²) in [4.78, 5) is 27.7. The predicted octanol–water partition coefficient (Wildman–Crippen LogP) is 1.65. The zero-order valence-corrected chi connectivity index (χ0v) is 14.9. The Morgan fingerprint density at radius 1 is 1.04 bits per heavy atom. The van der Waals surface area contributed by atoms with Crippen molar-refractivity contribution in [3.8, 4) is 0 Å². The van der Waals surface area contributed by atoms with Crippen LogP contribution in [0, 0.1) is 5.82 Å². The van der Waals surface area contributed by atoms with Crippen molar-refractivity contribution in [2.45, 2.75) is 5.75 Å². The Morgan fingerprint density at radius 3 is 2.38 bits per heavy atom. The quantitative estimate of drug-likeness (QED) is 0.793. The van der Waals surface area contributed by atoms with Gasteiger partial charge >= 0.3 is 0 Å². The lowest BCUT2D eigenvalue weighted by molar-refractivity contribution is -0.129. The smallest absolute Gasteiger partial charge is 0.289 e. The largest absolute Gasteiger partial charge is 0.459 e. The van der Waals surface area contributed by atoms with Crippen LogP contribution in [-0.2, 0) is 21.3 Å². The third-order valence-electron chi connectivity index (χ3n) is 4.21. The average Bonchev–Trinajstić information content (AvgIpc) is 3.18. The molecule has 0 spiro atoms. The van der Waals surface area contributed by atoms with Crippen molar-refractivity contribution in [1.29, 1.82) is 0 Å². The van der Waals surface area contributed by atoms with E-state index in [1.165, 1.54) is 12.3 Å². The SMILES string of the molecule is O=C(CS(=O)Cc1ccccc1F)N1CCN(C(=O)c2ccco2)CC1. The molecule has 6 nitrogen and oxygen atoms in total. The molecule has 26 heavy (non-hydrogen) atoms. The minimum absolute atomic E-state index is 0.00928. The number of piperazine rings is 1. The van der Waals surface area contributed by atoms with Crippen LogP contribution in [0.4, 0.5) is 4.39 Å². The van der Waals surface area contributed by atoms with Crippen LogP contribution in [0.1, 0.15) is 16.1 Å². The summed E-state index contributed by atoms with van der Waals surface area (Å²) in [6.07, 6.45) is 1.44. The van der Waals surface area contributed by atoms with Crippen LogP contribution in [0.25, 0.3) is 0 Å². The van der Waals surface area contributed by atoms with E-state index < -0.39 is 16.6 Å². The van der Waals surface area contributed by atoms with Gasteiger partial charge in [-0.2, -0.15) is 0 Å². The number of carbonyl (C=O) groups is 2. The summed E-state index contributed by atoms with van der Waals surface area (Å²) >= 11 is 0. The molecule has 3 rings (SSSR count). The summed E-state index contributed by atoms with van der Waals surface area (Å²) in [6, 6.07) is 9.37. The standard InChI is InChI=1S/C18H19FN2O4S/c19-15-5-2-1-4-14(15)12-26(24)13-17(22)20-7-9-21(10-8-20)18(23)16-6-3-11-25-16/h1-6,11H,7-10,12-13H2. The van der Waals surface area contributed by atoms with E-state index in [-0.39, 0.29) is 29.1 Å². The van der Waals surface area contributed by atoms with Gasteiger partial charge in [0.2, 0.25) is 5.91 Å². The van der Waals surface area contributed by atoms with Crippen LogP contribution in [0.5, 0.6) is 0 Å². The maximum Gasteiger partial charge on any atom is 0.289 e. The molecule has 0 aliphatic carbocycles. The third-order valence-corrected chi connectivity index (χ3v) is 5.41. The van der Waals surface area contributed by atoms with E-state index in [4.69, 9.17) is 4.42 Å². The predicted molar refractivity (Wildman–Crippen MR) is 94.3 cm³/mol. The highest BCUT2D eigenvalue weighted by Crippen LogP contribution is 2.12. The van der Waals surface area contributed by atoms with Gasteiger partial charge in [-0.25, -0.2) is 4.39 Å². The molecule has 1 aromatic carbocycles. The number of halogens is 1. The molecule has 2 heterocycles. The van der Waals surface area contributed by atoms with Crippen molar-refractivity contribution in [3.63, 3.8) is 0 Å². The van der Waals surface area contributed by atoms with Crippen molar-refractivity contribution in [2.75, 3.05) is 31.9 Å². The lowest BCUT2D eigenvalue weighted by atomic mass is 10.2. The summed E-state index contributed by atoms with van der Waals surface area (Å²) < 4.78 is 30.9. The van der Waals surface area contributed by atoms with E-state index in [0.717, 1.165) is 0 Å². The molecule has 1 aliphatic rings. The Morgan fingerprint density at radius 2 is 1.73 bits per heavy atom. The second-order valence-corrected chi connectivity index (χ2v) is 7.43. The minimum Gasteiger partial charge on any atom is -0.459 e. The number of hydrogen-bond acceptors (Lipinski definition) is 4. The molecular weight excluding hydrogens is 359 g/mol. The summed E-state index contributed by atoms with van der Waals surface area (Å²) in [6.45, 7) is 1.54. The molecule has 1 unspecified atom stereocenters. The molecule has 1 saturated heterocycles. The molecule has 1 fully saturated rings. The Labute approximate surface area is 153 Å². The van der Waals surface area contributed by atoms with E-state index in [2.05, 4.69) is 0 Å². The van der Waals surface area contributed by atoms with E-state index in [1.54, 1.807) is 40.1 Å². The maximum absolute atomic E-state index is 13.6. The van der Waals surface area contributed by atoms with Crippen molar-refractivity contribution < 1.29 is 22.6 Å². The molecule has 0 radical (unpaired) electrons. The minimum atomic E-state index is -1.48. The van der Waals surface area contributed by atoms with Crippen LogP contribution in [-0.4, -0.2) is 57.8 Å². The lowest BCUT2D eigenvalue weighted by Gasteiger charge is -2.34. The number of hydrogen-bond donors (Lipinski definition) is 0. The first-order valence-corrected chi connectivity index (χ1v) is 9.72. The Hall–Kier alpha value is -2.48. The van der Waals surface area contributed by atoms with Crippen molar-refractivity contribution >= 4 is 22.6 Å². The summed E-state index contributed by atoms with van der Waals surface area (Å²) in [5.41, 5.74) is 0.340. The van der Waals surface area contributed by atoms with Gasteiger partial charge in [-0.1, -0.05) is 18.2 Å². The normalized spacial score (nSPS) is 15.7. The van der Waals surface area contributed by atoms with Crippen LogP contribution in [0.15, 0.2) is 47.1 Å². The van der Waals surface area contributed by atoms with E-state index >= 15 is 0 Å². The van der Waals surface area contributed by atoms with Gasteiger partial charge in [0.15, 0.2) is 5.76 Å². The Kier molecular flexibility index (Phi) is 5.82. The van der Waals surface area contributed by atoms with Crippen LogP contribution < -0.4 is 0 Å². The molecule has 138 valence electrons. The molecule has 8 heteroatoms. The molecule has 1 aromatic heterocycles. The monoisotopic (exact) mass is 378 g/mol. The van der Waals surface area contributed by atoms with E-state index in [0.29, 0.717) is 31.7 Å². The number of nitrogens with zero attached hydrogens (tertiary/aromatic N) is 2. The third kappa shape index (κ3) is 4.37. The first-order valence-electron chi connectivity index (χ1n) is 8.23. The van der Waals surface area contributed by atoms with Gasteiger partial charge in [0.05, 0.1) is 12.0 Å². The number of carbonyl (C=O) groups excluding carboxylic acids is 2. The van der Waals surface area contributed by atoms with Gasteiger partial charge in [0.1, 0.15) is 11.6 Å². The second-order valence-electron chi connectivity index (χ2n) is 5.97.